The summed E-state index contributed by atoms with van der Waals surface area (Å²) in [5.74, 6) is 0.0581. The fourth-order valence-corrected chi connectivity index (χ4v) is 3.73. The molecule has 3 rings (SSSR count). The summed E-state index contributed by atoms with van der Waals surface area (Å²) in [5, 5.41) is 2.94. The zero-order valence-corrected chi connectivity index (χ0v) is 16.0. The number of carbonyl (C=O) groups is 3. The Morgan fingerprint density at radius 2 is 1.63 bits per heavy atom. The molecule has 0 atom stereocenters. The number of nitrogens with one attached hydrogen (secondary N) is 1. The molecule has 1 aromatic rings. The van der Waals surface area contributed by atoms with Crippen molar-refractivity contribution in [1.29, 1.82) is 0 Å². The van der Waals surface area contributed by atoms with Crippen molar-refractivity contribution in [2.24, 2.45) is 10.8 Å². The smallest absolute Gasteiger partial charge is 0.344 e. The van der Waals surface area contributed by atoms with Crippen molar-refractivity contribution in [2.45, 2.75) is 32.6 Å². The molecule has 2 aliphatic rings. The number of rotatable bonds is 8. The molecule has 0 aliphatic heterocycles. The van der Waals surface area contributed by atoms with E-state index >= 15 is 0 Å². The standard InChI is InChI=1S/C20H26N2O5/c1-4-26-16(23)13-27-15-7-5-14(6-8-15)21-17(24)19(9-10-19)20(11-12-20)18(25)22(2)3/h5-8H,4,9-13H2,1-3H3,(H,21,24). The number of hydrogen-bond donors (Lipinski definition) is 1. The van der Waals surface area contributed by atoms with Gasteiger partial charge in [0.25, 0.3) is 0 Å². The van der Waals surface area contributed by atoms with Gasteiger partial charge in [-0.1, -0.05) is 0 Å². The third-order valence-electron chi connectivity index (χ3n) is 5.44. The van der Waals surface area contributed by atoms with Crippen molar-refractivity contribution < 1.29 is 23.9 Å². The predicted molar refractivity (Wildman–Crippen MR) is 99.2 cm³/mol. The van der Waals surface area contributed by atoms with E-state index < -0.39 is 16.8 Å². The van der Waals surface area contributed by atoms with E-state index in [0.29, 0.717) is 18.0 Å². The summed E-state index contributed by atoms with van der Waals surface area (Å²) >= 11 is 0. The molecule has 2 aliphatic carbocycles. The summed E-state index contributed by atoms with van der Waals surface area (Å²) in [6.45, 7) is 1.89. The first-order valence-electron chi connectivity index (χ1n) is 9.26. The minimum atomic E-state index is -0.576. The predicted octanol–water partition coefficient (Wildman–Crippen LogP) is 2.22. The van der Waals surface area contributed by atoms with Gasteiger partial charge in [0.15, 0.2) is 6.61 Å². The number of anilines is 1. The molecule has 7 nitrogen and oxygen atoms in total. The van der Waals surface area contributed by atoms with Gasteiger partial charge in [-0.15, -0.1) is 0 Å². The summed E-state index contributed by atoms with van der Waals surface area (Å²) in [5.41, 5.74) is -0.459. The summed E-state index contributed by atoms with van der Waals surface area (Å²) in [4.78, 5) is 38.4. The molecular formula is C20H26N2O5. The second-order valence-electron chi connectivity index (χ2n) is 7.44. The molecule has 0 unspecified atom stereocenters. The van der Waals surface area contributed by atoms with E-state index in [9.17, 15) is 14.4 Å². The van der Waals surface area contributed by atoms with Gasteiger partial charge in [0.1, 0.15) is 5.75 Å². The molecule has 0 heterocycles. The Bertz CT molecular complexity index is 733. The first-order valence-corrected chi connectivity index (χ1v) is 9.26. The van der Waals surface area contributed by atoms with Crippen molar-refractivity contribution in [1.82, 2.24) is 4.90 Å². The Morgan fingerprint density at radius 3 is 2.11 bits per heavy atom. The molecule has 2 saturated carbocycles. The number of ether oxygens (including phenoxy) is 2. The van der Waals surface area contributed by atoms with E-state index in [-0.39, 0.29) is 18.4 Å². The van der Waals surface area contributed by atoms with E-state index in [0.717, 1.165) is 25.7 Å². The highest BCUT2D eigenvalue weighted by Crippen LogP contribution is 2.71. The van der Waals surface area contributed by atoms with Crippen LogP contribution in [0, 0.1) is 10.8 Å². The first kappa shape index (κ1) is 19.2. The maximum absolute atomic E-state index is 12.9. The minimum Gasteiger partial charge on any atom is -0.482 e. The molecule has 1 N–H and O–H groups in total. The number of carbonyl (C=O) groups excluding carboxylic acids is 3. The van der Waals surface area contributed by atoms with Crippen LogP contribution in [0.15, 0.2) is 24.3 Å². The SMILES string of the molecule is CCOC(=O)COc1ccc(NC(=O)C2(C3(C(=O)N(C)C)CC3)CC2)cc1. The Morgan fingerprint density at radius 1 is 1.04 bits per heavy atom. The van der Waals surface area contributed by atoms with Crippen LogP contribution in [0.4, 0.5) is 5.69 Å². The molecule has 1 aromatic carbocycles. The van der Waals surface area contributed by atoms with E-state index in [4.69, 9.17) is 9.47 Å². The normalized spacial score (nSPS) is 18.2. The monoisotopic (exact) mass is 374 g/mol. The highest BCUT2D eigenvalue weighted by atomic mass is 16.6. The summed E-state index contributed by atoms with van der Waals surface area (Å²) in [6.07, 6.45) is 3.05. The highest BCUT2D eigenvalue weighted by molar-refractivity contribution is 6.03. The van der Waals surface area contributed by atoms with Crippen LogP contribution in [0.25, 0.3) is 0 Å². The zero-order valence-electron chi connectivity index (χ0n) is 16.0. The van der Waals surface area contributed by atoms with E-state index in [1.807, 2.05) is 0 Å². The summed E-state index contributed by atoms with van der Waals surface area (Å²) in [6, 6.07) is 6.82. The molecule has 27 heavy (non-hydrogen) atoms. The average Bonchev–Trinajstić information content (AvgIpc) is 3.54. The second kappa shape index (κ2) is 7.21. The van der Waals surface area contributed by atoms with Gasteiger partial charge in [-0.2, -0.15) is 0 Å². The average molecular weight is 374 g/mol. The van der Waals surface area contributed by atoms with Crippen molar-refractivity contribution in [3.8, 4) is 5.75 Å². The molecule has 0 spiro atoms. The zero-order chi connectivity index (χ0) is 19.7. The lowest BCUT2D eigenvalue weighted by Crippen LogP contribution is -2.42. The van der Waals surface area contributed by atoms with Gasteiger partial charge in [-0.25, -0.2) is 4.79 Å². The topological polar surface area (TPSA) is 84.9 Å². The minimum absolute atomic E-state index is 0.0536. The Labute approximate surface area is 159 Å². The van der Waals surface area contributed by atoms with Gasteiger partial charge in [0.2, 0.25) is 11.8 Å². The van der Waals surface area contributed by atoms with Crippen LogP contribution < -0.4 is 10.1 Å². The maximum atomic E-state index is 12.9. The number of amides is 2. The van der Waals surface area contributed by atoms with Crippen LogP contribution >= 0.6 is 0 Å². The van der Waals surface area contributed by atoms with Gasteiger partial charge in [-0.3, -0.25) is 9.59 Å². The van der Waals surface area contributed by atoms with Gasteiger partial charge in [0, 0.05) is 19.8 Å². The lowest BCUT2D eigenvalue weighted by molar-refractivity contribution is -0.145. The molecule has 2 fully saturated rings. The van der Waals surface area contributed by atoms with Crippen LogP contribution in [-0.2, 0) is 19.1 Å². The molecule has 146 valence electrons. The van der Waals surface area contributed by atoms with E-state index in [1.165, 1.54) is 0 Å². The number of esters is 1. The van der Waals surface area contributed by atoms with E-state index in [1.54, 1.807) is 50.2 Å². The Hall–Kier alpha value is -2.57. The van der Waals surface area contributed by atoms with Gasteiger partial charge in [0.05, 0.1) is 17.4 Å². The van der Waals surface area contributed by atoms with Crippen LogP contribution in [0.3, 0.4) is 0 Å². The molecule has 0 saturated heterocycles. The molecule has 0 radical (unpaired) electrons. The van der Waals surface area contributed by atoms with Crippen molar-refractivity contribution in [2.75, 3.05) is 32.6 Å². The molecular weight excluding hydrogens is 348 g/mol. The van der Waals surface area contributed by atoms with E-state index in [2.05, 4.69) is 5.32 Å². The van der Waals surface area contributed by atoms with Crippen LogP contribution in [0.5, 0.6) is 5.75 Å². The van der Waals surface area contributed by atoms with Crippen LogP contribution in [-0.4, -0.2) is 50.0 Å². The Balaban J connectivity index is 1.60. The van der Waals surface area contributed by atoms with Crippen molar-refractivity contribution in [3.05, 3.63) is 24.3 Å². The fourth-order valence-electron chi connectivity index (χ4n) is 3.73. The third kappa shape index (κ3) is 3.63. The van der Waals surface area contributed by atoms with Gasteiger partial charge >= 0.3 is 5.97 Å². The largest absolute Gasteiger partial charge is 0.482 e. The molecule has 0 aromatic heterocycles. The number of hydrogen-bond acceptors (Lipinski definition) is 5. The van der Waals surface area contributed by atoms with Gasteiger partial charge < -0.3 is 19.7 Å². The quantitative estimate of drug-likeness (QED) is 0.705. The third-order valence-corrected chi connectivity index (χ3v) is 5.44. The fraction of sp³-hybridized carbons (Fsp3) is 0.550. The second-order valence-corrected chi connectivity index (χ2v) is 7.44. The van der Waals surface area contributed by atoms with Crippen molar-refractivity contribution >= 4 is 23.5 Å². The first-order chi connectivity index (χ1) is 12.8. The van der Waals surface area contributed by atoms with Crippen LogP contribution in [0.1, 0.15) is 32.6 Å². The number of benzene rings is 1. The number of nitrogens with zero attached hydrogens (tertiary/aromatic N) is 1. The summed E-state index contributed by atoms with van der Waals surface area (Å²) in [7, 11) is 3.48. The van der Waals surface area contributed by atoms with Gasteiger partial charge in [-0.05, 0) is 56.9 Å². The lowest BCUT2D eigenvalue weighted by Gasteiger charge is -2.27. The van der Waals surface area contributed by atoms with Crippen LogP contribution in [0.2, 0.25) is 0 Å². The van der Waals surface area contributed by atoms with Crippen molar-refractivity contribution in [3.63, 3.8) is 0 Å². The summed E-state index contributed by atoms with van der Waals surface area (Å²) < 4.78 is 10.2. The molecule has 0 bridgehead atoms. The lowest BCUT2D eigenvalue weighted by atomic mass is 9.83. The highest BCUT2D eigenvalue weighted by Gasteiger charge is 2.73. The Kier molecular flexibility index (Phi) is 5.13. The molecule has 7 heteroatoms. The maximum Gasteiger partial charge on any atom is 0.344 e. The molecule has 2 amide bonds.